The zero-order chi connectivity index (χ0) is 68.6. The Bertz CT molecular complexity index is 4490. The molecular formula is C95H102N2. The van der Waals surface area contributed by atoms with Crippen molar-refractivity contribution in [3.05, 3.63) is 310 Å². The molecule has 0 bridgehead atoms. The smallest absolute Gasteiger partial charge is 0.0462 e. The molecule has 0 fully saturated rings. The third-order valence-corrected chi connectivity index (χ3v) is 22.1. The number of benzene rings is 11. The van der Waals surface area contributed by atoms with E-state index >= 15 is 0 Å². The van der Waals surface area contributed by atoms with Crippen molar-refractivity contribution in [1.82, 2.24) is 0 Å². The molecular weight excluding hydrogens is 1170 g/mol. The Hall–Kier alpha value is -8.98. The Kier molecular flexibility index (Phi) is 17.3. The van der Waals surface area contributed by atoms with Gasteiger partial charge in [-0.05, 0) is 225 Å². The first kappa shape index (κ1) is 66.6. The second-order valence-electron chi connectivity index (χ2n) is 33.4. The average molecular weight is 1270 g/mol. The van der Waals surface area contributed by atoms with E-state index in [2.05, 4.69) is 376 Å². The Labute approximate surface area is 582 Å². The molecule has 0 aliphatic heterocycles. The van der Waals surface area contributed by atoms with Gasteiger partial charge in [-0.2, -0.15) is 0 Å². The van der Waals surface area contributed by atoms with E-state index < -0.39 is 0 Å². The highest BCUT2D eigenvalue weighted by Gasteiger charge is 2.49. The number of unbranched alkanes of at least 4 members (excludes halogenated alkanes) is 1. The van der Waals surface area contributed by atoms with Gasteiger partial charge in [0, 0.05) is 50.4 Å². The minimum Gasteiger partial charge on any atom is -0.311 e. The van der Waals surface area contributed by atoms with E-state index in [0.717, 1.165) is 40.5 Å². The molecule has 2 heteroatoms. The molecule has 11 aromatic rings. The van der Waals surface area contributed by atoms with Crippen molar-refractivity contribution in [2.45, 2.75) is 188 Å². The summed E-state index contributed by atoms with van der Waals surface area (Å²) in [7, 11) is 0. The molecule has 492 valence electrons. The predicted octanol–water partition coefficient (Wildman–Crippen LogP) is 26.9. The molecule has 0 saturated heterocycles. The topological polar surface area (TPSA) is 6.48 Å². The van der Waals surface area contributed by atoms with Crippen molar-refractivity contribution in [3.63, 3.8) is 0 Å². The number of nitrogens with zero attached hydrogens (tertiary/aromatic N) is 2. The molecule has 0 radical (unpaired) electrons. The zero-order valence-electron chi connectivity index (χ0n) is 61.1. The maximum atomic E-state index is 2.57. The van der Waals surface area contributed by atoms with Gasteiger partial charge in [0.05, 0.1) is 0 Å². The van der Waals surface area contributed by atoms with Crippen LogP contribution in [0.1, 0.15) is 205 Å². The molecule has 2 aliphatic carbocycles. The second kappa shape index (κ2) is 25.1. The minimum atomic E-state index is -0.291. The SMILES string of the molecule is CCCC[C@]12CCc3c(C(C)(C)c4ccc(N(c5ccc(C(C)(C)C)cc5)c5ccc(C(C)(C)c6ccc(N(c7ccc(-c8ccc(C(C)(C)C)cc8)cc7)c7ccc(-c8ccc(C(C)(C)C)cc8)cc7)cc6)cc5)cc4)ccc(c31)-c1ccc(-c3ccc(C(C)(C)C)cc3)cc12. The van der Waals surface area contributed by atoms with Gasteiger partial charge in [0.25, 0.3) is 0 Å². The normalized spacial score (nSPS) is 14.7. The van der Waals surface area contributed by atoms with Crippen LogP contribution in [0, 0.1) is 0 Å². The van der Waals surface area contributed by atoms with Crippen molar-refractivity contribution in [1.29, 1.82) is 0 Å². The van der Waals surface area contributed by atoms with Crippen LogP contribution in [0.4, 0.5) is 34.1 Å². The zero-order valence-corrected chi connectivity index (χ0v) is 61.1. The third-order valence-electron chi connectivity index (χ3n) is 22.1. The number of rotatable bonds is 16. The van der Waals surface area contributed by atoms with E-state index in [1.165, 1.54) is 115 Å². The highest BCUT2D eigenvalue weighted by molar-refractivity contribution is 5.88. The van der Waals surface area contributed by atoms with Crippen LogP contribution >= 0.6 is 0 Å². The molecule has 2 aliphatic rings. The molecule has 0 N–H and O–H groups in total. The fraction of sp³-hybridized carbons (Fsp3) is 0.305. The summed E-state index contributed by atoms with van der Waals surface area (Å²) >= 11 is 0. The van der Waals surface area contributed by atoms with Crippen LogP contribution in [0.5, 0.6) is 0 Å². The van der Waals surface area contributed by atoms with Crippen molar-refractivity contribution in [2.75, 3.05) is 9.80 Å². The lowest BCUT2D eigenvalue weighted by Gasteiger charge is -2.32. The molecule has 1 atom stereocenters. The summed E-state index contributed by atoms with van der Waals surface area (Å²) in [6, 6.07) is 95.4. The number of hydrogen-bond donors (Lipinski definition) is 0. The highest BCUT2D eigenvalue weighted by atomic mass is 15.1. The van der Waals surface area contributed by atoms with Crippen LogP contribution in [-0.2, 0) is 44.3 Å². The summed E-state index contributed by atoms with van der Waals surface area (Å²) in [6.07, 6.45) is 5.88. The number of anilines is 6. The van der Waals surface area contributed by atoms with Gasteiger partial charge in [-0.15, -0.1) is 0 Å². The summed E-state index contributed by atoms with van der Waals surface area (Å²) in [5.74, 6) is 0. The largest absolute Gasteiger partial charge is 0.311 e. The lowest BCUT2D eigenvalue weighted by Crippen LogP contribution is -2.23. The van der Waals surface area contributed by atoms with Crippen LogP contribution in [-0.4, -0.2) is 0 Å². The molecule has 0 amide bonds. The van der Waals surface area contributed by atoms with Crippen LogP contribution in [0.3, 0.4) is 0 Å². The fourth-order valence-corrected chi connectivity index (χ4v) is 15.7. The Morgan fingerprint density at radius 1 is 0.299 bits per heavy atom. The van der Waals surface area contributed by atoms with Gasteiger partial charge >= 0.3 is 0 Å². The molecule has 0 aromatic heterocycles. The van der Waals surface area contributed by atoms with E-state index in [9.17, 15) is 0 Å². The van der Waals surface area contributed by atoms with Gasteiger partial charge in [0.2, 0.25) is 0 Å². The second-order valence-corrected chi connectivity index (χ2v) is 33.4. The lowest BCUT2D eigenvalue weighted by molar-refractivity contribution is 0.458. The van der Waals surface area contributed by atoms with Gasteiger partial charge < -0.3 is 9.80 Å². The Morgan fingerprint density at radius 3 is 0.918 bits per heavy atom. The highest BCUT2D eigenvalue weighted by Crippen LogP contribution is 2.61. The monoisotopic (exact) mass is 1270 g/mol. The van der Waals surface area contributed by atoms with Crippen LogP contribution in [0.25, 0.3) is 44.5 Å². The first-order valence-electron chi connectivity index (χ1n) is 35.9. The van der Waals surface area contributed by atoms with E-state index in [1.54, 1.807) is 16.7 Å². The van der Waals surface area contributed by atoms with Gasteiger partial charge in [-0.1, -0.05) is 300 Å². The van der Waals surface area contributed by atoms with E-state index in [-0.39, 0.29) is 37.9 Å². The maximum Gasteiger partial charge on any atom is 0.0462 e. The molecule has 11 aromatic carbocycles. The van der Waals surface area contributed by atoms with Crippen LogP contribution in [0.15, 0.2) is 249 Å². The van der Waals surface area contributed by atoms with Crippen LogP contribution < -0.4 is 9.80 Å². The predicted molar refractivity (Wildman–Crippen MR) is 418 cm³/mol. The third kappa shape index (κ3) is 12.8. The fourth-order valence-electron chi connectivity index (χ4n) is 15.7. The average Bonchev–Trinajstić information content (AvgIpc) is 1.53. The minimum absolute atomic E-state index is 0.0369. The molecule has 13 rings (SSSR count). The van der Waals surface area contributed by atoms with E-state index in [4.69, 9.17) is 0 Å². The van der Waals surface area contributed by atoms with E-state index in [1.807, 2.05) is 0 Å². The van der Waals surface area contributed by atoms with Gasteiger partial charge in [-0.3, -0.25) is 0 Å². The van der Waals surface area contributed by atoms with Gasteiger partial charge in [0.15, 0.2) is 0 Å². The summed E-state index contributed by atoms with van der Waals surface area (Å²) < 4.78 is 0. The molecule has 2 nitrogen and oxygen atoms in total. The number of hydrogen-bond acceptors (Lipinski definition) is 2. The lowest BCUT2D eigenvalue weighted by atomic mass is 9.72. The summed E-state index contributed by atoms with van der Waals surface area (Å²) in [5, 5.41) is 0. The maximum absolute atomic E-state index is 2.57. The summed E-state index contributed by atoms with van der Waals surface area (Å²) in [4.78, 5) is 4.83. The molecule has 0 spiro atoms. The van der Waals surface area contributed by atoms with Crippen molar-refractivity contribution in [2.24, 2.45) is 0 Å². The van der Waals surface area contributed by atoms with Crippen molar-refractivity contribution in [3.8, 4) is 44.5 Å². The Balaban J connectivity index is 0.792. The van der Waals surface area contributed by atoms with Crippen LogP contribution in [0.2, 0.25) is 0 Å². The standard InChI is InChI=1S/C95H102N2/c1-18-19-61-95-62-60-85-86(59-58-84(88(85)95)83-57-30-69(63-87(83)95)68-24-35-72(36-25-68)91(8,9)10)94(16,17)76-43-55-82(56-44-76)97(79-49-37-73(38-50-79)92(11,12)13)81-53-41-75(42-54-81)93(14,15)74-39-51-80(52-40-74)96(77-45-26-66(27-46-77)64-20-31-70(32-21-64)89(2,3)4)78-47-28-67(29-48-78)65-22-33-71(34-23-65)90(5,6)7/h20-59,63H,18-19,60-62H2,1-17H3/t95-/m1/s1. The number of fused-ring (bicyclic) bond motifs is 3. The molecule has 97 heavy (non-hydrogen) atoms. The quantitative estimate of drug-likeness (QED) is 0.0951. The Morgan fingerprint density at radius 2 is 0.577 bits per heavy atom. The molecule has 0 unspecified atom stereocenters. The molecule has 0 saturated carbocycles. The van der Waals surface area contributed by atoms with Crippen molar-refractivity contribution < 1.29 is 0 Å². The first-order valence-corrected chi connectivity index (χ1v) is 35.9. The van der Waals surface area contributed by atoms with E-state index in [0.29, 0.717) is 0 Å². The van der Waals surface area contributed by atoms with Gasteiger partial charge in [0.1, 0.15) is 0 Å². The summed E-state index contributed by atoms with van der Waals surface area (Å²) in [5.41, 5.74) is 32.4. The first-order chi connectivity index (χ1) is 46.0. The van der Waals surface area contributed by atoms with Crippen molar-refractivity contribution >= 4 is 34.1 Å². The van der Waals surface area contributed by atoms with Gasteiger partial charge in [-0.25, -0.2) is 0 Å². The molecule has 0 heterocycles. The summed E-state index contributed by atoms with van der Waals surface area (Å²) in [6.45, 7) is 39.4.